The summed E-state index contributed by atoms with van der Waals surface area (Å²) in [7, 11) is 0. The molecule has 25 heavy (non-hydrogen) atoms. The second-order valence-corrected chi connectivity index (χ2v) is 6.64. The van der Waals surface area contributed by atoms with E-state index in [2.05, 4.69) is 48.5 Å². The highest BCUT2D eigenvalue weighted by Gasteiger charge is 2.26. The third-order valence-electron chi connectivity index (χ3n) is 5.03. The Labute approximate surface area is 148 Å². The van der Waals surface area contributed by atoms with Crippen molar-refractivity contribution in [2.24, 2.45) is 0 Å². The van der Waals surface area contributed by atoms with E-state index in [1.165, 1.54) is 22.3 Å². The van der Waals surface area contributed by atoms with Crippen LogP contribution in [-0.4, -0.2) is 10.8 Å². The third kappa shape index (κ3) is 2.96. The number of hydrogen-bond acceptors (Lipinski definition) is 1. The van der Waals surface area contributed by atoms with Gasteiger partial charge < -0.3 is 4.90 Å². The van der Waals surface area contributed by atoms with E-state index >= 15 is 0 Å². The van der Waals surface area contributed by atoms with Crippen molar-refractivity contribution in [2.45, 2.75) is 25.9 Å². The van der Waals surface area contributed by atoms with Gasteiger partial charge in [0.25, 0.3) is 0 Å². The van der Waals surface area contributed by atoms with Crippen molar-refractivity contribution < 1.29 is 4.79 Å². The summed E-state index contributed by atoms with van der Waals surface area (Å²) in [6, 6.07) is 26.8. The lowest BCUT2D eigenvalue weighted by molar-refractivity contribution is -0.133. The maximum atomic E-state index is 13.2. The predicted octanol–water partition coefficient (Wildman–Crippen LogP) is 5.00. The molecule has 1 aliphatic rings. The summed E-state index contributed by atoms with van der Waals surface area (Å²) in [5.74, 6) is 0.0383. The smallest absolute Gasteiger partial charge is 0.230 e. The van der Waals surface area contributed by atoms with E-state index < -0.39 is 0 Å². The van der Waals surface area contributed by atoms with E-state index in [9.17, 15) is 4.79 Å². The van der Waals surface area contributed by atoms with Crippen LogP contribution in [0.15, 0.2) is 78.9 Å². The number of carbonyl (C=O) groups is 1. The molecule has 3 aromatic rings. The summed E-state index contributed by atoms with van der Waals surface area (Å²) < 4.78 is 0. The fourth-order valence-corrected chi connectivity index (χ4v) is 3.62. The number of benzene rings is 3. The minimum absolute atomic E-state index is 0.140. The van der Waals surface area contributed by atoms with Gasteiger partial charge in [-0.15, -0.1) is 0 Å². The highest BCUT2D eigenvalue weighted by atomic mass is 16.2. The van der Waals surface area contributed by atoms with Gasteiger partial charge in [0.15, 0.2) is 0 Å². The van der Waals surface area contributed by atoms with Crippen molar-refractivity contribution >= 4 is 5.91 Å². The van der Waals surface area contributed by atoms with Crippen LogP contribution in [0.5, 0.6) is 0 Å². The van der Waals surface area contributed by atoms with Crippen LogP contribution in [0.2, 0.25) is 0 Å². The second-order valence-electron chi connectivity index (χ2n) is 6.64. The van der Waals surface area contributed by atoms with E-state index in [0.29, 0.717) is 13.1 Å². The molecule has 0 fully saturated rings. The summed E-state index contributed by atoms with van der Waals surface area (Å²) in [6.07, 6.45) is 0. The topological polar surface area (TPSA) is 20.3 Å². The quantitative estimate of drug-likeness (QED) is 0.648. The number of amides is 1. The predicted molar refractivity (Wildman–Crippen MR) is 101 cm³/mol. The normalized spacial score (nSPS) is 14.2. The van der Waals surface area contributed by atoms with Gasteiger partial charge in [-0.25, -0.2) is 0 Å². The lowest BCUT2D eigenvalue weighted by atomic mass is 9.97. The van der Waals surface area contributed by atoms with Gasteiger partial charge in [0, 0.05) is 13.1 Å². The summed E-state index contributed by atoms with van der Waals surface area (Å²) in [5.41, 5.74) is 5.96. The zero-order valence-electron chi connectivity index (χ0n) is 14.4. The first kappa shape index (κ1) is 15.6. The van der Waals surface area contributed by atoms with E-state index in [4.69, 9.17) is 0 Å². The SMILES string of the molecule is C[C@@H](C(=O)N1Cc2ccccc2-c2ccccc2C1)c1ccccc1. The summed E-state index contributed by atoms with van der Waals surface area (Å²) in [5, 5.41) is 0. The van der Waals surface area contributed by atoms with Crippen LogP contribution >= 0.6 is 0 Å². The zero-order valence-corrected chi connectivity index (χ0v) is 14.4. The van der Waals surface area contributed by atoms with Gasteiger partial charge in [-0.2, -0.15) is 0 Å². The number of hydrogen-bond donors (Lipinski definition) is 0. The van der Waals surface area contributed by atoms with Crippen molar-refractivity contribution in [3.63, 3.8) is 0 Å². The van der Waals surface area contributed by atoms with Crippen LogP contribution in [-0.2, 0) is 17.9 Å². The molecule has 0 bridgehead atoms. The maximum Gasteiger partial charge on any atom is 0.230 e. The summed E-state index contributed by atoms with van der Waals surface area (Å²) in [4.78, 5) is 15.2. The lowest BCUT2D eigenvalue weighted by Gasteiger charge is -2.25. The fraction of sp³-hybridized carbons (Fsp3) is 0.174. The zero-order chi connectivity index (χ0) is 17.2. The van der Waals surface area contributed by atoms with Crippen molar-refractivity contribution in [1.29, 1.82) is 0 Å². The summed E-state index contributed by atoms with van der Waals surface area (Å²) in [6.45, 7) is 3.31. The van der Waals surface area contributed by atoms with Crippen LogP contribution in [0.1, 0.15) is 29.5 Å². The molecular formula is C23H21NO. The van der Waals surface area contributed by atoms with Gasteiger partial charge in [0.2, 0.25) is 5.91 Å². The van der Waals surface area contributed by atoms with Gasteiger partial charge in [-0.1, -0.05) is 78.9 Å². The minimum atomic E-state index is -0.140. The molecule has 2 heteroatoms. The van der Waals surface area contributed by atoms with E-state index in [-0.39, 0.29) is 11.8 Å². The molecule has 4 rings (SSSR count). The average molecular weight is 327 g/mol. The molecule has 0 aromatic heterocycles. The van der Waals surface area contributed by atoms with Crippen LogP contribution in [0.25, 0.3) is 11.1 Å². The van der Waals surface area contributed by atoms with Gasteiger partial charge in [0.1, 0.15) is 0 Å². The largest absolute Gasteiger partial charge is 0.333 e. The van der Waals surface area contributed by atoms with Crippen molar-refractivity contribution in [2.75, 3.05) is 0 Å². The Morgan fingerprint density at radius 1 is 0.760 bits per heavy atom. The molecule has 0 radical (unpaired) electrons. The molecule has 3 aromatic carbocycles. The van der Waals surface area contributed by atoms with E-state index in [1.807, 2.05) is 42.2 Å². The van der Waals surface area contributed by atoms with Crippen molar-refractivity contribution in [1.82, 2.24) is 4.90 Å². The summed E-state index contributed by atoms with van der Waals surface area (Å²) >= 11 is 0. The van der Waals surface area contributed by atoms with Crippen LogP contribution in [0.3, 0.4) is 0 Å². The molecule has 0 saturated carbocycles. The second kappa shape index (κ2) is 6.56. The molecule has 2 nitrogen and oxygen atoms in total. The van der Waals surface area contributed by atoms with Crippen molar-refractivity contribution in [3.05, 3.63) is 95.6 Å². The first-order valence-corrected chi connectivity index (χ1v) is 8.74. The van der Waals surface area contributed by atoms with Gasteiger partial charge in [0.05, 0.1) is 5.92 Å². The molecule has 1 heterocycles. The molecule has 1 atom stereocenters. The van der Waals surface area contributed by atoms with Gasteiger partial charge in [-0.05, 0) is 34.7 Å². The number of fused-ring (bicyclic) bond motifs is 3. The maximum absolute atomic E-state index is 13.2. The minimum Gasteiger partial charge on any atom is -0.333 e. The molecule has 0 aliphatic carbocycles. The number of rotatable bonds is 2. The standard InChI is InChI=1S/C23H21NO/c1-17(18-9-3-2-4-10-18)23(25)24-15-19-11-5-7-13-21(19)22-14-8-6-12-20(22)16-24/h2-14,17H,15-16H2,1H3/t17-/m1/s1. The van der Waals surface area contributed by atoms with Crippen molar-refractivity contribution in [3.8, 4) is 11.1 Å². The molecule has 0 spiro atoms. The first-order valence-electron chi connectivity index (χ1n) is 8.74. The molecule has 0 unspecified atom stereocenters. The first-order chi connectivity index (χ1) is 12.2. The Kier molecular flexibility index (Phi) is 4.10. The molecule has 1 aliphatic heterocycles. The van der Waals surface area contributed by atoms with Crippen LogP contribution in [0.4, 0.5) is 0 Å². The highest BCUT2D eigenvalue weighted by molar-refractivity contribution is 5.84. The Morgan fingerprint density at radius 2 is 1.24 bits per heavy atom. The van der Waals surface area contributed by atoms with E-state index in [1.54, 1.807) is 0 Å². The van der Waals surface area contributed by atoms with Gasteiger partial charge in [-0.3, -0.25) is 4.79 Å². The fourth-order valence-electron chi connectivity index (χ4n) is 3.62. The lowest BCUT2D eigenvalue weighted by Crippen LogP contribution is -2.32. The Bertz CT molecular complexity index is 853. The average Bonchev–Trinajstić information content (AvgIpc) is 2.84. The Morgan fingerprint density at radius 3 is 1.80 bits per heavy atom. The molecule has 0 N–H and O–H groups in total. The molecular weight excluding hydrogens is 306 g/mol. The Balaban J connectivity index is 1.72. The van der Waals surface area contributed by atoms with E-state index in [0.717, 1.165) is 5.56 Å². The van der Waals surface area contributed by atoms with Crippen LogP contribution in [0, 0.1) is 0 Å². The third-order valence-corrected chi connectivity index (χ3v) is 5.03. The highest BCUT2D eigenvalue weighted by Crippen LogP contribution is 2.33. The monoisotopic (exact) mass is 327 g/mol. The molecule has 0 saturated heterocycles. The Hall–Kier alpha value is -2.87. The van der Waals surface area contributed by atoms with Crippen LogP contribution < -0.4 is 0 Å². The van der Waals surface area contributed by atoms with Gasteiger partial charge >= 0.3 is 0 Å². The molecule has 1 amide bonds. The number of nitrogens with zero attached hydrogens (tertiary/aromatic N) is 1. The molecule has 124 valence electrons. The number of carbonyl (C=O) groups excluding carboxylic acids is 1.